The van der Waals surface area contributed by atoms with E-state index in [4.69, 9.17) is 14.2 Å². The van der Waals surface area contributed by atoms with Crippen LogP contribution in [0.15, 0.2) is 18.2 Å². The Balaban J connectivity index is 2.37. The van der Waals surface area contributed by atoms with Gasteiger partial charge in [-0.05, 0) is 26.0 Å². The first-order chi connectivity index (χ1) is 8.50. The monoisotopic (exact) mass is 252 g/mol. The van der Waals surface area contributed by atoms with Crippen LogP contribution in [-0.2, 0) is 4.74 Å². The fraction of sp³-hybridized carbons (Fsp3) is 0.571. The maximum absolute atomic E-state index is 10.2. The molecule has 1 aliphatic rings. The summed E-state index contributed by atoms with van der Waals surface area (Å²) in [5.74, 6) is 1.38. The second kappa shape index (κ2) is 4.78. The van der Waals surface area contributed by atoms with E-state index in [1.165, 1.54) is 0 Å². The summed E-state index contributed by atoms with van der Waals surface area (Å²) in [5.41, 5.74) is 0.268. The van der Waals surface area contributed by atoms with Gasteiger partial charge < -0.3 is 19.3 Å². The summed E-state index contributed by atoms with van der Waals surface area (Å²) >= 11 is 0. The van der Waals surface area contributed by atoms with Gasteiger partial charge in [-0.3, -0.25) is 0 Å². The van der Waals surface area contributed by atoms with Crippen LogP contribution >= 0.6 is 0 Å². The van der Waals surface area contributed by atoms with Crippen molar-refractivity contribution in [1.82, 2.24) is 0 Å². The van der Waals surface area contributed by atoms with Crippen LogP contribution in [-0.4, -0.2) is 31.0 Å². The average molecular weight is 252 g/mol. The van der Waals surface area contributed by atoms with Crippen LogP contribution in [0.4, 0.5) is 0 Å². The average Bonchev–Trinajstić information content (AvgIpc) is 2.36. The Hall–Kier alpha value is -1.26. The number of aliphatic hydroxyl groups is 1. The number of hydrogen-bond acceptors (Lipinski definition) is 4. The van der Waals surface area contributed by atoms with Crippen LogP contribution in [0.3, 0.4) is 0 Å². The van der Waals surface area contributed by atoms with E-state index in [0.29, 0.717) is 12.2 Å². The van der Waals surface area contributed by atoms with E-state index in [2.05, 4.69) is 0 Å². The topological polar surface area (TPSA) is 47.9 Å². The van der Waals surface area contributed by atoms with Gasteiger partial charge in [0, 0.05) is 25.2 Å². The van der Waals surface area contributed by atoms with Gasteiger partial charge >= 0.3 is 0 Å². The van der Waals surface area contributed by atoms with Gasteiger partial charge in [0.2, 0.25) is 0 Å². The zero-order valence-corrected chi connectivity index (χ0v) is 11.3. The van der Waals surface area contributed by atoms with E-state index in [1.807, 2.05) is 26.0 Å². The number of aliphatic hydroxyl groups excluding tert-OH is 1. The number of ether oxygens (including phenoxy) is 3. The highest BCUT2D eigenvalue weighted by Gasteiger charge is 2.41. The van der Waals surface area contributed by atoms with Crippen molar-refractivity contribution in [2.45, 2.75) is 38.1 Å². The highest BCUT2D eigenvalue weighted by atomic mass is 16.5. The van der Waals surface area contributed by atoms with Gasteiger partial charge in [0.25, 0.3) is 0 Å². The van der Waals surface area contributed by atoms with E-state index in [0.717, 1.165) is 11.3 Å². The lowest BCUT2D eigenvalue weighted by Gasteiger charge is -2.41. The molecule has 1 heterocycles. The molecule has 0 radical (unpaired) electrons. The minimum atomic E-state index is -0.540. The van der Waals surface area contributed by atoms with E-state index in [-0.39, 0.29) is 6.10 Å². The predicted molar refractivity (Wildman–Crippen MR) is 68.1 cm³/mol. The third kappa shape index (κ3) is 2.18. The van der Waals surface area contributed by atoms with Crippen molar-refractivity contribution < 1.29 is 19.3 Å². The minimum Gasteiger partial charge on any atom is -0.497 e. The smallest absolute Gasteiger partial charge is 0.135 e. The zero-order chi connectivity index (χ0) is 13.3. The quantitative estimate of drug-likeness (QED) is 0.896. The molecule has 0 spiro atoms. The Morgan fingerprint density at radius 1 is 1.44 bits per heavy atom. The van der Waals surface area contributed by atoms with Crippen molar-refractivity contribution in [3.8, 4) is 11.5 Å². The summed E-state index contributed by atoms with van der Waals surface area (Å²) < 4.78 is 16.5. The maximum Gasteiger partial charge on any atom is 0.135 e. The Kier molecular flexibility index (Phi) is 3.50. The number of fused-ring (bicyclic) bond motifs is 1. The van der Waals surface area contributed by atoms with E-state index in [9.17, 15) is 5.11 Å². The van der Waals surface area contributed by atoms with E-state index in [1.54, 1.807) is 20.3 Å². The molecule has 1 aliphatic heterocycles. The molecule has 0 bridgehead atoms. The normalized spacial score (nSPS) is 28.2. The molecule has 0 aliphatic carbocycles. The Morgan fingerprint density at radius 2 is 2.17 bits per heavy atom. The minimum absolute atomic E-state index is 0.105. The van der Waals surface area contributed by atoms with Gasteiger partial charge in [-0.15, -0.1) is 0 Å². The molecule has 0 saturated carbocycles. The zero-order valence-electron chi connectivity index (χ0n) is 11.3. The number of benzene rings is 1. The molecule has 0 saturated heterocycles. The second-order valence-electron chi connectivity index (χ2n) is 4.92. The third-order valence-corrected chi connectivity index (χ3v) is 3.74. The first kappa shape index (κ1) is 13.2. The Morgan fingerprint density at radius 3 is 2.78 bits per heavy atom. The second-order valence-corrected chi connectivity index (χ2v) is 4.92. The first-order valence-electron chi connectivity index (χ1n) is 6.08. The molecule has 3 atom stereocenters. The first-order valence-corrected chi connectivity index (χ1v) is 6.08. The number of methoxy groups -OCH3 is 2. The predicted octanol–water partition coefficient (Wildman–Crippen LogP) is 2.30. The fourth-order valence-electron chi connectivity index (χ4n) is 2.29. The summed E-state index contributed by atoms with van der Waals surface area (Å²) in [6.07, 6.45) is -0.129. The third-order valence-electron chi connectivity index (χ3n) is 3.74. The molecule has 1 N–H and O–H groups in total. The summed E-state index contributed by atoms with van der Waals surface area (Å²) in [6.45, 7) is 3.89. The molecule has 4 heteroatoms. The lowest BCUT2D eigenvalue weighted by Crippen LogP contribution is -2.47. The molecule has 100 valence electrons. The van der Waals surface area contributed by atoms with Crippen molar-refractivity contribution in [1.29, 1.82) is 0 Å². The Labute approximate surface area is 107 Å². The molecular weight excluding hydrogens is 232 g/mol. The summed E-state index contributed by atoms with van der Waals surface area (Å²) in [6, 6.07) is 5.47. The van der Waals surface area contributed by atoms with Crippen molar-refractivity contribution >= 4 is 0 Å². The lowest BCUT2D eigenvalue weighted by molar-refractivity contribution is -0.0920. The molecule has 0 fully saturated rings. The van der Waals surface area contributed by atoms with Crippen molar-refractivity contribution in [3.63, 3.8) is 0 Å². The molecule has 0 amide bonds. The molecule has 2 rings (SSSR count). The van der Waals surface area contributed by atoms with Crippen LogP contribution < -0.4 is 9.47 Å². The summed E-state index contributed by atoms with van der Waals surface area (Å²) in [4.78, 5) is 0. The van der Waals surface area contributed by atoms with Gasteiger partial charge in [-0.25, -0.2) is 0 Å². The standard InChI is InChI=1S/C14H20O4/c1-9(16-3)14(2)8-12(15)11-6-5-10(17-4)7-13(11)18-14/h5-7,9,12,15H,8H2,1-4H3. The molecule has 1 aromatic carbocycles. The van der Waals surface area contributed by atoms with Gasteiger partial charge in [0.15, 0.2) is 0 Å². The SMILES string of the molecule is COc1ccc2c(c1)OC(C)(C(C)OC)CC2O. The van der Waals surface area contributed by atoms with Crippen LogP contribution in [0.5, 0.6) is 11.5 Å². The number of hydrogen-bond donors (Lipinski definition) is 1. The summed E-state index contributed by atoms with van der Waals surface area (Å²) in [7, 11) is 3.25. The Bertz CT molecular complexity index is 432. The van der Waals surface area contributed by atoms with Crippen LogP contribution in [0.2, 0.25) is 0 Å². The molecular formula is C14H20O4. The maximum atomic E-state index is 10.2. The van der Waals surface area contributed by atoms with Crippen molar-refractivity contribution in [2.24, 2.45) is 0 Å². The highest BCUT2D eigenvalue weighted by molar-refractivity contribution is 5.44. The molecule has 4 nitrogen and oxygen atoms in total. The molecule has 3 unspecified atom stereocenters. The molecule has 0 aromatic heterocycles. The lowest BCUT2D eigenvalue weighted by atomic mass is 9.86. The summed E-state index contributed by atoms with van der Waals surface area (Å²) in [5, 5.41) is 10.2. The van der Waals surface area contributed by atoms with Gasteiger partial charge in [0.1, 0.15) is 17.1 Å². The van der Waals surface area contributed by atoms with Gasteiger partial charge in [0.05, 0.1) is 19.3 Å². The van der Waals surface area contributed by atoms with Crippen molar-refractivity contribution in [2.75, 3.05) is 14.2 Å². The van der Waals surface area contributed by atoms with Crippen LogP contribution in [0.1, 0.15) is 31.9 Å². The van der Waals surface area contributed by atoms with E-state index >= 15 is 0 Å². The van der Waals surface area contributed by atoms with Crippen LogP contribution in [0.25, 0.3) is 0 Å². The van der Waals surface area contributed by atoms with Gasteiger partial charge in [-0.2, -0.15) is 0 Å². The van der Waals surface area contributed by atoms with Crippen LogP contribution in [0, 0.1) is 0 Å². The van der Waals surface area contributed by atoms with E-state index < -0.39 is 11.7 Å². The fourth-order valence-corrected chi connectivity index (χ4v) is 2.29. The largest absolute Gasteiger partial charge is 0.497 e. The van der Waals surface area contributed by atoms with Crippen molar-refractivity contribution in [3.05, 3.63) is 23.8 Å². The van der Waals surface area contributed by atoms with Gasteiger partial charge in [-0.1, -0.05) is 0 Å². The highest BCUT2D eigenvalue weighted by Crippen LogP contribution is 2.42. The number of rotatable bonds is 3. The molecule has 1 aromatic rings. The molecule has 18 heavy (non-hydrogen) atoms.